The summed E-state index contributed by atoms with van der Waals surface area (Å²) in [5.74, 6) is 0. The topological polar surface area (TPSA) is 8.17 Å². The highest BCUT2D eigenvalue weighted by molar-refractivity contribution is 6.22. The molecular weight excluding hydrogens is 845 g/mol. The van der Waals surface area contributed by atoms with Crippen LogP contribution in [0.1, 0.15) is 0 Å². The molecule has 13 aromatic rings. The maximum atomic E-state index is 2.41. The Labute approximate surface area is 408 Å². The third-order valence-corrected chi connectivity index (χ3v) is 14.0. The number of aromatic nitrogens is 1. The number of anilines is 3. The van der Waals surface area contributed by atoms with Gasteiger partial charge in [0.2, 0.25) is 0 Å². The van der Waals surface area contributed by atoms with E-state index in [0.717, 1.165) is 28.3 Å². The highest BCUT2D eigenvalue weighted by atomic mass is 15.1. The molecular formula is C68H46N2. The first-order chi connectivity index (χ1) is 34.7. The van der Waals surface area contributed by atoms with Gasteiger partial charge in [-0.15, -0.1) is 0 Å². The van der Waals surface area contributed by atoms with E-state index in [1.165, 1.54) is 93.4 Å². The number of hydrogen-bond donors (Lipinski definition) is 0. The minimum atomic E-state index is 1.08. The molecule has 0 N–H and O–H groups in total. The molecule has 1 heterocycles. The van der Waals surface area contributed by atoms with Gasteiger partial charge in [-0.2, -0.15) is 0 Å². The lowest BCUT2D eigenvalue weighted by molar-refractivity contribution is 1.18. The van der Waals surface area contributed by atoms with Crippen LogP contribution < -0.4 is 4.90 Å². The molecule has 1 aromatic heterocycles. The fourth-order valence-corrected chi connectivity index (χ4v) is 10.7. The van der Waals surface area contributed by atoms with Gasteiger partial charge in [0.25, 0.3) is 0 Å². The molecule has 2 heteroatoms. The number of rotatable bonds is 9. The zero-order valence-corrected chi connectivity index (χ0v) is 38.5. The van der Waals surface area contributed by atoms with Gasteiger partial charge >= 0.3 is 0 Å². The van der Waals surface area contributed by atoms with Crippen molar-refractivity contribution in [2.75, 3.05) is 4.90 Å². The lowest BCUT2D eigenvalue weighted by Crippen LogP contribution is -2.10. The van der Waals surface area contributed by atoms with Gasteiger partial charge in [-0.1, -0.05) is 206 Å². The van der Waals surface area contributed by atoms with E-state index < -0.39 is 0 Å². The quantitative estimate of drug-likeness (QED) is 0.131. The van der Waals surface area contributed by atoms with Gasteiger partial charge in [0.1, 0.15) is 0 Å². The molecule has 0 spiro atoms. The van der Waals surface area contributed by atoms with Crippen molar-refractivity contribution < 1.29 is 0 Å². The van der Waals surface area contributed by atoms with Crippen LogP contribution in [0, 0.1) is 0 Å². The first kappa shape index (κ1) is 41.0. The molecule has 0 aliphatic carbocycles. The summed E-state index contributed by atoms with van der Waals surface area (Å²) >= 11 is 0. The molecule has 0 saturated carbocycles. The molecule has 0 bridgehead atoms. The predicted molar refractivity (Wildman–Crippen MR) is 298 cm³/mol. The molecule has 0 fully saturated rings. The fraction of sp³-hybridized carbons (Fsp3) is 0. The standard InChI is InChI=1S/C68H46N2/c1-5-18-47(19-6-1)48-32-38-56(39-33-48)69(57-40-34-49(35-41-57)53-37-43-66-63(45-53)61-29-15-16-31-65(61)70(66)55-25-11-4-12-26-55)58-27-17-24-52(44-58)54-36-42-60-59-28-13-14-30-62(59)67(50-20-7-2-8-21-50)68(64(60)46-54)51-22-9-3-10-23-51/h1-46H. The van der Waals surface area contributed by atoms with Gasteiger partial charge in [-0.05, 0) is 150 Å². The van der Waals surface area contributed by atoms with Gasteiger partial charge in [-0.3, -0.25) is 0 Å². The summed E-state index contributed by atoms with van der Waals surface area (Å²) in [6.45, 7) is 0. The first-order valence-corrected chi connectivity index (χ1v) is 24.1. The van der Waals surface area contributed by atoms with E-state index in [1.54, 1.807) is 0 Å². The van der Waals surface area contributed by atoms with Crippen molar-refractivity contribution >= 4 is 60.4 Å². The van der Waals surface area contributed by atoms with Crippen molar-refractivity contribution in [3.63, 3.8) is 0 Å². The van der Waals surface area contributed by atoms with E-state index in [4.69, 9.17) is 0 Å². The highest BCUT2D eigenvalue weighted by Gasteiger charge is 2.20. The lowest BCUT2D eigenvalue weighted by Gasteiger charge is -2.26. The number of nitrogens with zero attached hydrogens (tertiary/aromatic N) is 2. The Kier molecular flexibility index (Phi) is 10.2. The summed E-state index contributed by atoms with van der Waals surface area (Å²) in [4.78, 5) is 2.39. The summed E-state index contributed by atoms with van der Waals surface area (Å²) in [6.07, 6.45) is 0. The Morgan fingerprint density at radius 3 is 1.29 bits per heavy atom. The molecule has 0 saturated heterocycles. The van der Waals surface area contributed by atoms with Crippen LogP contribution >= 0.6 is 0 Å². The van der Waals surface area contributed by atoms with Crippen LogP contribution in [0.2, 0.25) is 0 Å². The van der Waals surface area contributed by atoms with Crippen LogP contribution in [-0.4, -0.2) is 4.57 Å². The lowest BCUT2D eigenvalue weighted by atomic mass is 9.84. The van der Waals surface area contributed by atoms with Gasteiger partial charge in [0, 0.05) is 33.5 Å². The largest absolute Gasteiger partial charge is 0.310 e. The zero-order valence-electron chi connectivity index (χ0n) is 38.5. The van der Waals surface area contributed by atoms with Crippen molar-refractivity contribution in [3.05, 3.63) is 279 Å². The van der Waals surface area contributed by atoms with Crippen molar-refractivity contribution in [1.29, 1.82) is 0 Å². The smallest absolute Gasteiger partial charge is 0.0541 e. The summed E-state index contributed by atoms with van der Waals surface area (Å²) in [5.41, 5.74) is 18.8. The summed E-state index contributed by atoms with van der Waals surface area (Å²) in [7, 11) is 0. The van der Waals surface area contributed by atoms with Gasteiger partial charge in [0.15, 0.2) is 0 Å². The Morgan fingerprint density at radius 2 is 0.629 bits per heavy atom. The second-order valence-corrected chi connectivity index (χ2v) is 18.1. The second-order valence-electron chi connectivity index (χ2n) is 18.1. The van der Waals surface area contributed by atoms with E-state index in [0.29, 0.717) is 0 Å². The summed E-state index contributed by atoms with van der Waals surface area (Å²) in [5, 5.41) is 7.48. The molecule has 70 heavy (non-hydrogen) atoms. The van der Waals surface area contributed by atoms with E-state index in [1.807, 2.05) is 0 Å². The van der Waals surface area contributed by atoms with Crippen LogP contribution in [-0.2, 0) is 0 Å². The Bertz CT molecular complexity index is 4010. The first-order valence-electron chi connectivity index (χ1n) is 24.1. The molecule has 0 aliphatic heterocycles. The third-order valence-electron chi connectivity index (χ3n) is 14.0. The number of para-hydroxylation sites is 2. The number of benzene rings is 12. The molecule has 0 atom stereocenters. The van der Waals surface area contributed by atoms with Crippen LogP contribution in [0.15, 0.2) is 279 Å². The van der Waals surface area contributed by atoms with Crippen molar-refractivity contribution in [3.8, 4) is 61.3 Å². The van der Waals surface area contributed by atoms with Crippen molar-refractivity contribution in [2.24, 2.45) is 0 Å². The van der Waals surface area contributed by atoms with Crippen molar-refractivity contribution in [1.82, 2.24) is 4.57 Å². The molecule has 0 aliphatic rings. The number of fused-ring (bicyclic) bond motifs is 6. The van der Waals surface area contributed by atoms with E-state index in [-0.39, 0.29) is 0 Å². The van der Waals surface area contributed by atoms with E-state index in [2.05, 4.69) is 289 Å². The van der Waals surface area contributed by atoms with Crippen LogP contribution in [0.3, 0.4) is 0 Å². The highest BCUT2D eigenvalue weighted by Crippen LogP contribution is 2.46. The Balaban J connectivity index is 0.937. The zero-order chi connectivity index (χ0) is 46.4. The molecule has 0 radical (unpaired) electrons. The molecule has 0 unspecified atom stereocenters. The fourth-order valence-electron chi connectivity index (χ4n) is 10.7. The normalized spacial score (nSPS) is 11.4. The number of hydrogen-bond acceptors (Lipinski definition) is 1. The Hall–Kier alpha value is -9.24. The predicted octanol–water partition coefficient (Wildman–Crippen LogP) is 18.9. The maximum absolute atomic E-state index is 2.41. The van der Waals surface area contributed by atoms with Crippen molar-refractivity contribution in [2.45, 2.75) is 0 Å². The van der Waals surface area contributed by atoms with Crippen LogP contribution in [0.5, 0.6) is 0 Å². The third kappa shape index (κ3) is 7.22. The van der Waals surface area contributed by atoms with Crippen LogP contribution in [0.25, 0.3) is 105 Å². The van der Waals surface area contributed by atoms with E-state index in [9.17, 15) is 0 Å². The summed E-state index contributed by atoms with van der Waals surface area (Å²) in [6, 6.07) is 102. The van der Waals surface area contributed by atoms with E-state index >= 15 is 0 Å². The molecule has 2 nitrogen and oxygen atoms in total. The molecule has 12 aromatic carbocycles. The molecule has 13 rings (SSSR count). The average molecular weight is 891 g/mol. The monoisotopic (exact) mass is 890 g/mol. The minimum absolute atomic E-state index is 1.08. The second kappa shape index (κ2) is 17.4. The Morgan fingerprint density at radius 1 is 0.214 bits per heavy atom. The van der Waals surface area contributed by atoms with Gasteiger partial charge < -0.3 is 9.47 Å². The van der Waals surface area contributed by atoms with Gasteiger partial charge in [0.05, 0.1) is 11.0 Å². The maximum Gasteiger partial charge on any atom is 0.0541 e. The molecule has 328 valence electrons. The minimum Gasteiger partial charge on any atom is -0.310 e. The SMILES string of the molecule is c1ccc(-c2ccc(N(c3ccc(-c4ccc5c(c4)c4ccccc4n5-c4ccccc4)cc3)c3cccc(-c4ccc5c(c4)c(-c4ccccc4)c(-c4ccccc4)c4ccccc45)c3)cc2)cc1. The van der Waals surface area contributed by atoms with Crippen LogP contribution in [0.4, 0.5) is 17.1 Å². The van der Waals surface area contributed by atoms with Gasteiger partial charge in [-0.25, -0.2) is 0 Å². The average Bonchev–Trinajstić information content (AvgIpc) is 3.78. The summed E-state index contributed by atoms with van der Waals surface area (Å²) < 4.78 is 2.37. The molecule has 0 amide bonds.